The Morgan fingerprint density at radius 1 is 1.20 bits per heavy atom. The summed E-state index contributed by atoms with van der Waals surface area (Å²) < 4.78 is 57.3. The minimum absolute atomic E-state index is 0.118. The molecule has 1 aliphatic heterocycles. The number of H-pyrrole nitrogens is 1. The Balaban J connectivity index is 2.27. The van der Waals surface area contributed by atoms with E-state index in [2.05, 4.69) is 0 Å². The zero-order valence-corrected chi connectivity index (χ0v) is 15.7. The number of nitrogens with one attached hydrogen (secondary N) is 3. The monoisotopic (exact) mass is 428 g/mol. The standard InChI is InChI=1S/C18H16F4N4O4/c1-8(2)7-26-12-11(14(28)24-16(26)30)17(15(29)23-12,18(20,21)22)25-13(27)9-5-3-4-6-10(9)19/h3-6,8H,7H2,1-2H3,(H,23,29)(H,25,27)(H,24,28,30). The Hall–Kier alpha value is -3.44. The first-order chi connectivity index (χ1) is 13.9. The van der Waals surface area contributed by atoms with Crippen LogP contribution in [0.25, 0.3) is 0 Å². The molecule has 160 valence electrons. The Bertz CT molecular complexity index is 1150. The van der Waals surface area contributed by atoms with Crippen LogP contribution in [0.4, 0.5) is 23.4 Å². The fourth-order valence-electron chi connectivity index (χ4n) is 3.25. The number of alkyl halides is 3. The lowest BCUT2D eigenvalue weighted by Gasteiger charge is -2.30. The molecule has 0 bridgehead atoms. The summed E-state index contributed by atoms with van der Waals surface area (Å²) in [6.07, 6.45) is -5.49. The van der Waals surface area contributed by atoms with Crippen LogP contribution >= 0.6 is 0 Å². The van der Waals surface area contributed by atoms with Crippen molar-refractivity contribution in [3.8, 4) is 0 Å². The van der Waals surface area contributed by atoms with Crippen molar-refractivity contribution >= 4 is 17.6 Å². The number of benzene rings is 1. The molecule has 0 spiro atoms. The first-order valence-electron chi connectivity index (χ1n) is 8.73. The van der Waals surface area contributed by atoms with Gasteiger partial charge in [-0.2, -0.15) is 13.2 Å². The molecule has 1 aliphatic rings. The lowest BCUT2D eigenvalue weighted by molar-refractivity contribution is -0.196. The molecule has 2 aromatic rings. The van der Waals surface area contributed by atoms with E-state index in [1.807, 2.05) is 5.32 Å². The molecule has 2 heterocycles. The third-order valence-corrected chi connectivity index (χ3v) is 4.54. The maximum Gasteiger partial charge on any atom is 0.425 e. The zero-order chi connectivity index (χ0) is 22.4. The number of halogens is 4. The number of anilines is 1. The van der Waals surface area contributed by atoms with Crippen LogP contribution in [0, 0.1) is 11.7 Å². The number of amides is 2. The summed E-state index contributed by atoms with van der Waals surface area (Å²) in [6.45, 7) is 3.21. The maximum atomic E-state index is 14.2. The highest BCUT2D eigenvalue weighted by atomic mass is 19.4. The second kappa shape index (κ2) is 7.11. The van der Waals surface area contributed by atoms with E-state index in [9.17, 15) is 36.7 Å². The van der Waals surface area contributed by atoms with E-state index < -0.39 is 57.5 Å². The molecule has 3 rings (SSSR count). The third-order valence-electron chi connectivity index (χ3n) is 4.54. The lowest BCUT2D eigenvalue weighted by Crippen LogP contribution is -2.62. The molecule has 1 unspecified atom stereocenters. The number of carbonyl (C=O) groups is 2. The van der Waals surface area contributed by atoms with Crippen LogP contribution in [0.2, 0.25) is 0 Å². The predicted octanol–water partition coefficient (Wildman–Crippen LogP) is 1.47. The van der Waals surface area contributed by atoms with Gasteiger partial charge < -0.3 is 10.6 Å². The highest BCUT2D eigenvalue weighted by Gasteiger charge is 2.68. The molecule has 1 atom stereocenters. The summed E-state index contributed by atoms with van der Waals surface area (Å²) in [5, 5.41) is 3.38. The molecule has 0 radical (unpaired) electrons. The van der Waals surface area contributed by atoms with Crippen molar-refractivity contribution in [2.24, 2.45) is 5.92 Å². The highest BCUT2D eigenvalue weighted by molar-refractivity contribution is 6.09. The van der Waals surface area contributed by atoms with Crippen LogP contribution < -0.4 is 21.9 Å². The fourth-order valence-corrected chi connectivity index (χ4v) is 3.25. The summed E-state index contributed by atoms with van der Waals surface area (Å²) >= 11 is 0. The predicted molar refractivity (Wildman–Crippen MR) is 96.4 cm³/mol. The van der Waals surface area contributed by atoms with Gasteiger partial charge in [0.25, 0.3) is 22.9 Å². The second-order valence-electron chi connectivity index (χ2n) is 7.12. The molecular weight excluding hydrogens is 412 g/mol. The van der Waals surface area contributed by atoms with Crippen molar-refractivity contribution in [2.45, 2.75) is 32.1 Å². The molecule has 0 aliphatic carbocycles. The van der Waals surface area contributed by atoms with E-state index in [1.165, 1.54) is 17.4 Å². The minimum Gasteiger partial charge on any atom is -0.326 e. The minimum atomic E-state index is -5.49. The molecule has 8 nitrogen and oxygen atoms in total. The van der Waals surface area contributed by atoms with E-state index >= 15 is 0 Å². The van der Waals surface area contributed by atoms with Crippen LogP contribution in [-0.2, 0) is 16.9 Å². The number of aromatic amines is 1. The SMILES string of the molecule is CC(C)Cn1c2c(c(=O)[nH]c1=O)C(NC(=O)c1ccccc1F)(C(F)(F)F)C(=O)N2. The quantitative estimate of drug-likeness (QED) is 0.640. The number of nitrogens with zero attached hydrogens (tertiary/aromatic N) is 1. The normalized spacial score (nSPS) is 18.3. The maximum absolute atomic E-state index is 14.2. The Morgan fingerprint density at radius 3 is 2.40 bits per heavy atom. The molecule has 0 fully saturated rings. The Labute approximate surface area is 165 Å². The van der Waals surface area contributed by atoms with Gasteiger partial charge in [-0.05, 0) is 18.1 Å². The highest BCUT2D eigenvalue weighted by Crippen LogP contribution is 2.45. The molecule has 0 saturated heterocycles. The van der Waals surface area contributed by atoms with Gasteiger partial charge in [0.2, 0.25) is 0 Å². The smallest absolute Gasteiger partial charge is 0.326 e. The van der Waals surface area contributed by atoms with Crippen molar-refractivity contribution in [2.75, 3.05) is 5.32 Å². The van der Waals surface area contributed by atoms with Crippen molar-refractivity contribution in [1.82, 2.24) is 14.9 Å². The van der Waals surface area contributed by atoms with Crippen LogP contribution in [0.5, 0.6) is 0 Å². The van der Waals surface area contributed by atoms with Gasteiger partial charge in [-0.1, -0.05) is 26.0 Å². The molecular formula is C18H16F4N4O4. The summed E-state index contributed by atoms with van der Waals surface area (Å²) in [4.78, 5) is 51.3. The van der Waals surface area contributed by atoms with Gasteiger partial charge in [-0.15, -0.1) is 0 Å². The van der Waals surface area contributed by atoms with Gasteiger partial charge in [0.1, 0.15) is 17.2 Å². The number of rotatable bonds is 4. The average molecular weight is 428 g/mol. The van der Waals surface area contributed by atoms with Gasteiger partial charge in [0.05, 0.1) is 5.56 Å². The van der Waals surface area contributed by atoms with E-state index in [1.54, 1.807) is 18.8 Å². The summed E-state index contributed by atoms with van der Waals surface area (Å²) in [5.41, 5.74) is -8.29. The van der Waals surface area contributed by atoms with E-state index in [0.717, 1.165) is 16.7 Å². The van der Waals surface area contributed by atoms with Crippen LogP contribution in [-0.4, -0.2) is 27.5 Å². The largest absolute Gasteiger partial charge is 0.425 e. The Kier molecular flexibility index (Phi) is 5.04. The van der Waals surface area contributed by atoms with Crippen molar-refractivity contribution in [1.29, 1.82) is 0 Å². The summed E-state index contributed by atoms with van der Waals surface area (Å²) in [6, 6.07) is 4.21. The number of hydrogen-bond donors (Lipinski definition) is 3. The molecule has 1 aromatic carbocycles. The lowest BCUT2D eigenvalue weighted by atomic mass is 9.91. The average Bonchev–Trinajstić information content (AvgIpc) is 2.92. The number of fused-ring (bicyclic) bond motifs is 1. The van der Waals surface area contributed by atoms with Crippen molar-refractivity contribution in [3.63, 3.8) is 0 Å². The first kappa shape index (κ1) is 21.3. The van der Waals surface area contributed by atoms with Crippen LogP contribution in [0.15, 0.2) is 33.9 Å². The Morgan fingerprint density at radius 2 is 1.83 bits per heavy atom. The van der Waals surface area contributed by atoms with E-state index in [0.29, 0.717) is 0 Å². The van der Waals surface area contributed by atoms with Gasteiger partial charge in [0, 0.05) is 6.54 Å². The van der Waals surface area contributed by atoms with E-state index in [4.69, 9.17) is 0 Å². The van der Waals surface area contributed by atoms with Crippen LogP contribution in [0.1, 0.15) is 29.8 Å². The molecule has 30 heavy (non-hydrogen) atoms. The molecule has 2 amide bonds. The zero-order valence-electron chi connectivity index (χ0n) is 15.7. The van der Waals surface area contributed by atoms with Gasteiger partial charge in [0.15, 0.2) is 0 Å². The topological polar surface area (TPSA) is 113 Å². The van der Waals surface area contributed by atoms with Crippen LogP contribution in [0.3, 0.4) is 0 Å². The molecule has 0 saturated carbocycles. The van der Waals surface area contributed by atoms with Gasteiger partial charge in [-0.25, -0.2) is 9.18 Å². The fraction of sp³-hybridized carbons (Fsp3) is 0.333. The van der Waals surface area contributed by atoms with Gasteiger partial charge in [-0.3, -0.25) is 23.9 Å². The van der Waals surface area contributed by atoms with E-state index in [-0.39, 0.29) is 12.5 Å². The third kappa shape index (κ3) is 3.17. The molecule has 1 aromatic heterocycles. The molecule has 12 heteroatoms. The number of carbonyl (C=O) groups excluding carboxylic acids is 2. The van der Waals surface area contributed by atoms with Gasteiger partial charge >= 0.3 is 11.9 Å². The van der Waals surface area contributed by atoms with Crippen molar-refractivity contribution in [3.05, 3.63) is 62.0 Å². The second-order valence-corrected chi connectivity index (χ2v) is 7.12. The first-order valence-corrected chi connectivity index (χ1v) is 8.73. The number of aromatic nitrogens is 2. The summed E-state index contributed by atoms with van der Waals surface area (Å²) in [5.74, 6) is -5.38. The molecule has 3 N–H and O–H groups in total. The van der Waals surface area contributed by atoms with Crippen molar-refractivity contribution < 1.29 is 27.2 Å². The summed E-state index contributed by atoms with van der Waals surface area (Å²) in [7, 11) is 0. The number of hydrogen-bond acceptors (Lipinski definition) is 4.